The van der Waals surface area contributed by atoms with Crippen molar-refractivity contribution in [3.63, 3.8) is 0 Å². The molecule has 1 unspecified atom stereocenters. The number of carbonyl (C=O) groups is 2. The molecule has 0 bridgehead atoms. The predicted octanol–water partition coefficient (Wildman–Crippen LogP) is 0.0737. The van der Waals surface area contributed by atoms with Gasteiger partial charge in [-0.05, 0) is 31.5 Å². The number of hydrogen-bond acceptors (Lipinski definition) is 5. The molecule has 1 aromatic heterocycles. The van der Waals surface area contributed by atoms with E-state index in [1.807, 2.05) is 0 Å². The predicted molar refractivity (Wildman–Crippen MR) is 68.2 cm³/mol. The molecule has 102 valence electrons. The van der Waals surface area contributed by atoms with Crippen LogP contribution in [0.4, 0.5) is 5.82 Å². The lowest BCUT2D eigenvalue weighted by Gasteiger charge is -2.20. The topological polar surface area (TPSA) is 94.6 Å². The summed E-state index contributed by atoms with van der Waals surface area (Å²) in [6, 6.07) is 4.73. The summed E-state index contributed by atoms with van der Waals surface area (Å²) in [6.07, 6.45) is 3.00. The molecule has 0 aromatic carbocycles. The number of carboxylic acid groups (broad SMARTS) is 1. The molecule has 2 rings (SSSR count). The molecule has 1 amide bonds. The van der Waals surface area contributed by atoms with Gasteiger partial charge in [-0.2, -0.15) is 0 Å². The summed E-state index contributed by atoms with van der Waals surface area (Å²) in [4.78, 5) is 28.3. The van der Waals surface area contributed by atoms with Crippen molar-refractivity contribution in [1.29, 1.82) is 0 Å². The van der Waals surface area contributed by atoms with Crippen molar-refractivity contribution in [2.24, 2.45) is 0 Å². The van der Waals surface area contributed by atoms with Gasteiger partial charge in [0.2, 0.25) is 0 Å². The third-order valence-corrected chi connectivity index (χ3v) is 2.99. The summed E-state index contributed by atoms with van der Waals surface area (Å²) in [6.45, 7) is 0.699. The van der Waals surface area contributed by atoms with Crippen LogP contribution in [0.15, 0.2) is 24.4 Å². The highest BCUT2D eigenvalue weighted by atomic mass is 16.4. The first kappa shape index (κ1) is 13.3. The third-order valence-electron chi connectivity index (χ3n) is 2.99. The van der Waals surface area contributed by atoms with Crippen molar-refractivity contribution in [3.05, 3.63) is 24.4 Å². The van der Waals surface area contributed by atoms with Crippen LogP contribution < -0.4 is 10.9 Å². The van der Waals surface area contributed by atoms with Crippen LogP contribution in [0.3, 0.4) is 0 Å². The monoisotopic (exact) mass is 264 g/mol. The van der Waals surface area contributed by atoms with E-state index in [1.54, 1.807) is 29.3 Å². The highest BCUT2D eigenvalue weighted by Crippen LogP contribution is 2.16. The molecule has 0 spiro atoms. The van der Waals surface area contributed by atoms with E-state index in [9.17, 15) is 9.59 Å². The fourth-order valence-electron chi connectivity index (χ4n) is 2.09. The normalized spacial score (nSPS) is 19.1. The lowest BCUT2D eigenvalue weighted by Crippen LogP contribution is -2.44. The first-order valence-electron chi connectivity index (χ1n) is 6.09. The van der Waals surface area contributed by atoms with Crippen LogP contribution in [-0.4, -0.2) is 46.0 Å². The Kier molecular flexibility index (Phi) is 4.30. The van der Waals surface area contributed by atoms with Gasteiger partial charge in [0, 0.05) is 6.20 Å². The van der Waals surface area contributed by atoms with E-state index in [0.717, 1.165) is 6.42 Å². The van der Waals surface area contributed by atoms with Crippen molar-refractivity contribution in [1.82, 2.24) is 15.3 Å². The van der Waals surface area contributed by atoms with E-state index < -0.39 is 12.0 Å². The van der Waals surface area contributed by atoms with Gasteiger partial charge in [0.1, 0.15) is 11.9 Å². The molecule has 1 fully saturated rings. The van der Waals surface area contributed by atoms with Crippen LogP contribution in [0.1, 0.15) is 12.8 Å². The van der Waals surface area contributed by atoms with Crippen molar-refractivity contribution < 1.29 is 14.7 Å². The molecule has 1 aliphatic heterocycles. The van der Waals surface area contributed by atoms with Gasteiger partial charge in [0.25, 0.3) is 5.91 Å². The zero-order chi connectivity index (χ0) is 13.7. The summed E-state index contributed by atoms with van der Waals surface area (Å²) in [5.74, 6) is -0.617. The number of anilines is 1. The van der Waals surface area contributed by atoms with Crippen LogP contribution in [0.2, 0.25) is 0 Å². The molecule has 0 saturated carbocycles. The first-order valence-corrected chi connectivity index (χ1v) is 6.09. The van der Waals surface area contributed by atoms with E-state index >= 15 is 0 Å². The number of nitrogens with one attached hydrogen (secondary N) is 2. The van der Waals surface area contributed by atoms with Gasteiger partial charge in [0.15, 0.2) is 0 Å². The number of nitrogens with zero attached hydrogens (tertiary/aromatic N) is 2. The molecule has 1 atom stereocenters. The van der Waals surface area contributed by atoms with Crippen LogP contribution in [0.5, 0.6) is 0 Å². The number of aliphatic carboxylic acids is 1. The van der Waals surface area contributed by atoms with Gasteiger partial charge in [-0.15, -0.1) is 0 Å². The Morgan fingerprint density at radius 2 is 2.32 bits per heavy atom. The Bertz CT molecular complexity index is 452. The number of pyridine rings is 1. The van der Waals surface area contributed by atoms with Gasteiger partial charge in [-0.3, -0.25) is 25.3 Å². The molecule has 2 heterocycles. The molecule has 7 nitrogen and oxygen atoms in total. The van der Waals surface area contributed by atoms with Crippen molar-refractivity contribution >= 4 is 17.7 Å². The molecule has 0 aliphatic carbocycles. The Morgan fingerprint density at radius 1 is 1.47 bits per heavy atom. The Hall–Kier alpha value is -2.15. The van der Waals surface area contributed by atoms with Crippen LogP contribution in [0.25, 0.3) is 0 Å². The van der Waals surface area contributed by atoms with Crippen molar-refractivity contribution in [2.75, 3.05) is 18.5 Å². The van der Waals surface area contributed by atoms with E-state index in [0.29, 0.717) is 18.8 Å². The second-order valence-corrected chi connectivity index (χ2v) is 4.35. The largest absolute Gasteiger partial charge is 0.480 e. The van der Waals surface area contributed by atoms with Gasteiger partial charge in [-0.1, -0.05) is 6.07 Å². The van der Waals surface area contributed by atoms with Gasteiger partial charge >= 0.3 is 5.97 Å². The number of likely N-dealkylation sites (tertiary alicyclic amines) is 1. The van der Waals surface area contributed by atoms with Crippen molar-refractivity contribution in [2.45, 2.75) is 18.9 Å². The molecule has 7 heteroatoms. The average Bonchev–Trinajstić information content (AvgIpc) is 2.86. The van der Waals surface area contributed by atoms with Crippen LogP contribution >= 0.6 is 0 Å². The van der Waals surface area contributed by atoms with E-state index in [-0.39, 0.29) is 12.5 Å². The number of hydrogen-bond donors (Lipinski definition) is 3. The molecule has 1 aliphatic rings. The number of amides is 1. The highest BCUT2D eigenvalue weighted by Gasteiger charge is 2.31. The van der Waals surface area contributed by atoms with E-state index in [2.05, 4.69) is 15.8 Å². The molecule has 0 radical (unpaired) electrons. The fourth-order valence-corrected chi connectivity index (χ4v) is 2.09. The number of hydrazine groups is 1. The molecular weight excluding hydrogens is 248 g/mol. The lowest BCUT2D eigenvalue weighted by molar-refractivity contribution is -0.142. The zero-order valence-corrected chi connectivity index (χ0v) is 10.4. The second kappa shape index (κ2) is 6.14. The van der Waals surface area contributed by atoms with Gasteiger partial charge in [-0.25, -0.2) is 4.98 Å². The minimum atomic E-state index is -0.872. The molecule has 3 N–H and O–H groups in total. The third kappa shape index (κ3) is 3.65. The standard InChI is InChI=1S/C12H16N4O3/c17-11(15-14-10-5-1-2-6-13-10)8-16-7-3-4-9(16)12(18)19/h1-2,5-6,9H,3-4,7-8H2,(H,13,14)(H,15,17)(H,18,19). The molecule has 19 heavy (non-hydrogen) atoms. The van der Waals surface area contributed by atoms with Crippen LogP contribution in [0, 0.1) is 0 Å². The highest BCUT2D eigenvalue weighted by molar-refractivity contribution is 5.81. The number of carboxylic acids is 1. The maximum absolute atomic E-state index is 11.7. The fraction of sp³-hybridized carbons (Fsp3) is 0.417. The summed E-state index contributed by atoms with van der Waals surface area (Å²) in [5.41, 5.74) is 5.18. The summed E-state index contributed by atoms with van der Waals surface area (Å²) in [7, 11) is 0. The zero-order valence-electron chi connectivity index (χ0n) is 10.4. The second-order valence-electron chi connectivity index (χ2n) is 4.35. The smallest absolute Gasteiger partial charge is 0.320 e. The lowest BCUT2D eigenvalue weighted by atomic mass is 10.2. The summed E-state index contributed by atoms with van der Waals surface area (Å²) in [5, 5.41) is 9.01. The van der Waals surface area contributed by atoms with Gasteiger partial charge < -0.3 is 5.11 Å². The Labute approximate surface area is 110 Å². The van der Waals surface area contributed by atoms with Crippen LogP contribution in [-0.2, 0) is 9.59 Å². The van der Waals surface area contributed by atoms with Crippen molar-refractivity contribution in [3.8, 4) is 0 Å². The Morgan fingerprint density at radius 3 is 3.00 bits per heavy atom. The minimum absolute atomic E-state index is 0.0663. The van der Waals surface area contributed by atoms with E-state index in [1.165, 1.54) is 0 Å². The maximum atomic E-state index is 11.7. The minimum Gasteiger partial charge on any atom is -0.480 e. The number of rotatable bonds is 5. The molecular formula is C12H16N4O3. The maximum Gasteiger partial charge on any atom is 0.320 e. The number of aromatic nitrogens is 1. The Balaban J connectivity index is 1.80. The summed E-state index contributed by atoms with van der Waals surface area (Å²) < 4.78 is 0. The molecule has 1 saturated heterocycles. The average molecular weight is 264 g/mol. The first-order chi connectivity index (χ1) is 9.16. The SMILES string of the molecule is O=C(CN1CCCC1C(=O)O)NNc1ccccn1. The molecule has 1 aromatic rings. The summed E-state index contributed by atoms with van der Waals surface area (Å²) >= 11 is 0. The number of carbonyl (C=O) groups excluding carboxylic acids is 1. The van der Waals surface area contributed by atoms with E-state index in [4.69, 9.17) is 5.11 Å². The quantitative estimate of drug-likeness (QED) is 0.652. The van der Waals surface area contributed by atoms with Gasteiger partial charge in [0.05, 0.1) is 6.54 Å².